The molecule has 26 heavy (non-hydrogen) atoms. The fourth-order valence-electron chi connectivity index (χ4n) is 2.41. The van der Waals surface area contributed by atoms with Crippen LogP contribution in [-0.2, 0) is 4.79 Å². The molecule has 0 saturated heterocycles. The van der Waals surface area contributed by atoms with Crippen LogP contribution < -0.4 is 20.1 Å². The van der Waals surface area contributed by atoms with Crippen molar-refractivity contribution in [2.75, 3.05) is 23.8 Å². The molecule has 136 valence electrons. The van der Waals surface area contributed by atoms with Crippen molar-refractivity contribution >= 4 is 34.6 Å². The lowest BCUT2D eigenvalue weighted by atomic mass is 10.2. The van der Waals surface area contributed by atoms with Gasteiger partial charge in [0.1, 0.15) is 19.3 Å². The maximum Gasteiger partial charge on any atom is 0.271 e. The van der Waals surface area contributed by atoms with Crippen molar-refractivity contribution in [1.29, 1.82) is 0 Å². The van der Waals surface area contributed by atoms with E-state index in [0.29, 0.717) is 36.1 Å². The zero-order chi connectivity index (χ0) is 18.7. The number of nitro benzene ring substituents is 1. The number of amides is 1. The highest BCUT2D eigenvalue weighted by atomic mass is 35.5. The average Bonchev–Trinajstić information content (AvgIpc) is 2.63. The van der Waals surface area contributed by atoms with Gasteiger partial charge in [0.2, 0.25) is 5.91 Å². The molecule has 2 N–H and O–H groups in total. The van der Waals surface area contributed by atoms with E-state index < -0.39 is 11.0 Å². The van der Waals surface area contributed by atoms with Crippen molar-refractivity contribution in [2.24, 2.45) is 0 Å². The number of nitrogens with one attached hydrogen (secondary N) is 2. The lowest BCUT2D eigenvalue weighted by Gasteiger charge is -2.20. The van der Waals surface area contributed by atoms with E-state index >= 15 is 0 Å². The fourth-order valence-corrected chi connectivity index (χ4v) is 2.63. The first-order chi connectivity index (χ1) is 12.4. The number of nitro groups is 1. The molecular formula is C17H16ClN3O5. The molecule has 2 aromatic carbocycles. The van der Waals surface area contributed by atoms with Gasteiger partial charge in [0.15, 0.2) is 11.5 Å². The summed E-state index contributed by atoms with van der Waals surface area (Å²) in [5.74, 6) is 0.944. The number of hydrogen-bond donors (Lipinski definition) is 2. The standard InChI is InChI=1S/C17H16ClN3O5/c1-10(19-11-2-5-15-16(8-11)26-7-6-25-15)17(22)20-14-4-3-12(21(23)24)9-13(14)18/h2-5,8-10,19H,6-7H2,1H3,(H,20,22). The number of carbonyl (C=O) groups excluding carboxylic acids is 1. The molecule has 0 radical (unpaired) electrons. The molecular weight excluding hydrogens is 362 g/mol. The van der Waals surface area contributed by atoms with E-state index in [4.69, 9.17) is 21.1 Å². The molecule has 1 atom stereocenters. The molecule has 8 nitrogen and oxygen atoms in total. The van der Waals surface area contributed by atoms with Gasteiger partial charge in [-0.25, -0.2) is 0 Å². The molecule has 1 aliphatic rings. The van der Waals surface area contributed by atoms with Gasteiger partial charge in [-0.3, -0.25) is 14.9 Å². The first-order valence-electron chi connectivity index (χ1n) is 7.85. The molecule has 0 bridgehead atoms. The van der Waals surface area contributed by atoms with Crippen LogP contribution in [0.4, 0.5) is 17.1 Å². The number of carbonyl (C=O) groups is 1. The zero-order valence-electron chi connectivity index (χ0n) is 13.8. The first kappa shape index (κ1) is 17.8. The van der Waals surface area contributed by atoms with Gasteiger partial charge in [0, 0.05) is 23.9 Å². The smallest absolute Gasteiger partial charge is 0.271 e. The Balaban J connectivity index is 1.65. The Bertz CT molecular complexity index is 858. The molecule has 1 heterocycles. The van der Waals surface area contributed by atoms with E-state index in [9.17, 15) is 14.9 Å². The van der Waals surface area contributed by atoms with Crippen molar-refractivity contribution in [2.45, 2.75) is 13.0 Å². The number of rotatable bonds is 5. The van der Waals surface area contributed by atoms with E-state index in [1.807, 2.05) is 0 Å². The summed E-state index contributed by atoms with van der Waals surface area (Å²) in [6.07, 6.45) is 0. The van der Waals surface area contributed by atoms with Crippen molar-refractivity contribution in [3.8, 4) is 11.5 Å². The monoisotopic (exact) mass is 377 g/mol. The van der Waals surface area contributed by atoms with Crippen molar-refractivity contribution in [3.63, 3.8) is 0 Å². The number of nitrogens with zero attached hydrogens (tertiary/aromatic N) is 1. The molecule has 2 aromatic rings. The van der Waals surface area contributed by atoms with Gasteiger partial charge in [-0.05, 0) is 25.1 Å². The van der Waals surface area contributed by atoms with Crippen LogP contribution in [0.2, 0.25) is 5.02 Å². The van der Waals surface area contributed by atoms with Crippen LogP contribution in [0.25, 0.3) is 0 Å². The predicted octanol–water partition coefficient (Wildman–Crippen LogP) is 3.46. The second-order valence-electron chi connectivity index (χ2n) is 5.63. The summed E-state index contributed by atoms with van der Waals surface area (Å²) in [5, 5.41) is 16.5. The van der Waals surface area contributed by atoms with Crippen LogP contribution in [0.1, 0.15) is 6.92 Å². The average molecular weight is 378 g/mol. The van der Waals surface area contributed by atoms with Crippen LogP contribution in [0.15, 0.2) is 36.4 Å². The molecule has 0 aromatic heterocycles. The molecule has 1 aliphatic heterocycles. The van der Waals surface area contributed by atoms with Crippen LogP contribution in [0.5, 0.6) is 11.5 Å². The highest BCUT2D eigenvalue weighted by Gasteiger charge is 2.18. The largest absolute Gasteiger partial charge is 0.486 e. The third-order valence-electron chi connectivity index (χ3n) is 3.74. The highest BCUT2D eigenvalue weighted by molar-refractivity contribution is 6.34. The van der Waals surface area contributed by atoms with E-state index in [1.54, 1.807) is 25.1 Å². The number of anilines is 2. The molecule has 0 saturated carbocycles. The number of hydrogen-bond acceptors (Lipinski definition) is 6. The minimum absolute atomic E-state index is 0.0964. The number of benzene rings is 2. The van der Waals surface area contributed by atoms with E-state index in [2.05, 4.69) is 10.6 Å². The van der Waals surface area contributed by atoms with Crippen LogP contribution in [0, 0.1) is 10.1 Å². The molecule has 1 unspecified atom stereocenters. The Morgan fingerprint density at radius 2 is 1.92 bits per heavy atom. The number of fused-ring (bicyclic) bond motifs is 1. The van der Waals surface area contributed by atoms with Gasteiger partial charge in [-0.15, -0.1) is 0 Å². The third kappa shape index (κ3) is 3.97. The molecule has 0 aliphatic carbocycles. The summed E-state index contributed by atoms with van der Waals surface area (Å²) in [6.45, 7) is 2.67. The summed E-state index contributed by atoms with van der Waals surface area (Å²) >= 11 is 5.99. The lowest BCUT2D eigenvalue weighted by Crippen LogP contribution is -2.32. The second kappa shape index (κ2) is 7.49. The maximum atomic E-state index is 12.4. The normalized spacial score (nSPS) is 13.6. The van der Waals surface area contributed by atoms with Crippen LogP contribution in [0.3, 0.4) is 0 Å². The Hall–Kier alpha value is -3.00. The Labute approximate surface area is 154 Å². The lowest BCUT2D eigenvalue weighted by molar-refractivity contribution is -0.384. The van der Waals surface area contributed by atoms with Crippen molar-refractivity contribution in [1.82, 2.24) is 0 Å². The highest BCUT2D eigenvalue weighted by Crippen LogP contribution is 2.33. The molecule has 9 heteroatoms. The van der Waals surface area contributed by atoms with Crippen LogP contribution in [-0.4, -0.2) is 30.1 Å². The fraction of sp³-hybridized carbons (Fsp3) is 0.235. The van der Waals surface area contributed by atoms with E-state index in [-0.39, 0.29) is 16.6 Å². The summed E-state index contributed by atoms with van der Waals surface area (Å²) in [6, 6.07) is 8.61. The Morgan fingerprint density at radius 3 is 2.62 bits per heavy atom. The number of halogens is 1. The summed E-state index contributed by atoms with van der Waals surface area (Å²) in [4.78, 5) is 22.5. The first-order valence-corrected chi connectivity index (χ1v) is 8.23. The molecule has 0 spiro atoms. The van der Waals surface area contributed by atoms with Gasteiger partial charge in [0.25, 0.3) is 5.69 Å². The number of non-ortho nitro benzene ring substituents is 1. The summed E-state index contributed by atoms with van der Waals surface area (Å²) in [5.41, 5.74) is 0.861. The Morgan fingerprint density at radius 1 is 1.19 bits per heavy atom. The second-order valence-corrected chi connectivity index (χ2v) is 6.04. The topological polar surface area (TPSA) is 103 Å². The minimum atomic E-state index is -0.580. The Kier molecular flexibility index (Phi) is 5.13. The zero-order valence-corrected chi connectivity index (χ0v) is 14.6. The van der Waals surface area contributed by atoms with Gasteiger partial charge < -0.3 is 20.1 Å². The quantitative estimate of drug-likeness (QED) is 0.611. The SMILES string of the molecule is CC(Nc1ccc2c(c1)OCCO2)C(=O)Nc1ccc([N+](=O)[O-])cc1Cl. The minimum Gasteiger partial charge on any atom is -0.486 e. The van der Waals surface area contributed by atoms with Crippen LogP contribution >= 0.6 is 11.6 Å². The number of ether oxygens (including phenoxy) is 2. The van der Waals surface area contributed by atoms with Crippen molar-refractivity contribution in [3.05, 3.63) is 51.5 Å². The molecule has 1 amide bonds. The van der Waals surface area contributed by atoms with Gasteiger partial charge >= 0.3 is 0 Å². The predicted molar refractivity (Wildman–Crippen MR) is 97.3 cm³/mol. The molecule has 3 rings (SSSR count). The van der Waals surface area contributed by atoms with Gasteiger partial charge in [-0.2, -0.15) is 0 Å². The molecule has 0 fully saturated rings. The van der Waals surface area contributed by atoms with E-state index in [1.165, 1.54) is 18.2 Å². The van der Waals surface area contributed by atoms with Gasteiger partial charge in [-0.1, -0.05) is 11.6 Å². The third-order valence-corrected chi connectivity index (χ3v) is 4.05. The van der Waals surface area contributed by atoms with Gasteiger partial charge in [0.05, 0.1) is 15.6 Å². The van der Waals surface area contributed by atoms with Crippen molar-refractivity contribution < 1.29 is 19.2 Å². The summed E-state index contributed by atoms with van der Waals surface area (Å²) in [7, 11) is 0. The van der Waals surface area contributed by atoms with E-state index in [0.717, 1.165) is 0 Å². The maximum absolute atomic E-state index is 12.4. The summed E-state index contributed by atoms with van der Waals surface area (Å²) < 4.78 is 11.0.